The Kier molecular flexibility index (Phi) is 7.61. The second kappa shape index (κ2) is 9.48. The number of hydrogen-bond donors (Lipinski definition) is 1. The predicted octanol–water partition coefficient (Wildman–Crippen LogP) is 2.79. The molecule has 2 atom stereocenters. The van der Waals surface area contributed by atoms with Gasteiger partial charge in [0.2, 0.25) is 10.0 Å². The molecule has 0 spiro atoms. The molecule has 1 aromatic rings. The van der Waals surface area contributed by atoms with E-state index in [2.05, 4.69) is 5.32 Å². The fraction of sp³-hybridized carbons (Fsp3) is 0.632. The van der Waals surface area contributed by atoms with Crippen LogP contribution in [0.2, 0.25) is 0 Å². The number of sulfonamides is 1. The summed E-state index contributed by atoms with van der Waals surface area (Å²) in [7, 11) is -3.50. The Morgan fingerprint density at radius 3 is 2.46 bits per heavy atom. The van der Waals surface area contributed by atoms with Gasteiger partial charge in [-0.05, 0) is 56.9 Å². The average Bonchev–Trinajstić information content (AvgIpc) is 3.14. The van der Waals surface area contributed by atoms with Crippen molar-refractivity contribution in [3.8, 4) is 0 Å². The smallest absolute Gasteiger partial charge is 0.251 e. The maximum atomic E-state index is 12.5. The average molecular weight is 383 g/mol. The molecule has 146 valence electrons. The minimum Gasteiger partial charge on any atom is -0.378 e. The molecular weight excluding hydrogens is 352 g/mol. The quantitative estimate of drug-likeness (QED) is 0.713. The van der Waals surface area contributed by atoms with Gasteiger partial charge in [0.15, 0.2) is 0 Å². The Morgan fingerprint density at radius 1 is 1.27 bits per heavy atom. The zero-order valence-electron chi connectivity index (χ0n) is 15.9. The fourth-order valence-electron chi connectivity index (χ4n) is 3.18. The molecule has 0 saturated carbocycles. The highest BCUT2D eigenvalue weighted by Gasteiger charge is 2.22. The molecular formula is C19H30N2O4S. The number of amides is 1. The second-order valence-electron chi connectivity index (χ2n) is 6.70. The summed E-state index contributed by atoms with van der Waals surface area (Å²) in [6, 6.07) is 6.18. The maximum absolute atomic E-state index is 12.5. The van der Waals surface area contributed by atoms with Gasteiger partial charge in [0.05, 0.1) is 11.0 Å². The van der Waals surface area contributed by atoms with Gasteiger partial charge in [0.25, 0.3) is 5.91 Å². The van der Waals surface area contributed by atoms with Crippen molar-refractivity contribution < 1.29 is 17.9 Å². The van der Waals surface area contributed by atoms with E-state index in [0.29, 0.717) is 24.8 Å². The zero-order chi connectivity index (χ0) is 19.2. The molecule has 1 aromatic carbocycles. The van der Waals surface area contributed by atoms with E-state index in [1.165, 1.54) is 16.4 Å². The van der Waals surface area contributed by atoms with Gasteiger partial charge in [-0.1, -0.05) is 13.8 Å². The van der Waals surface area contributed by atoms with Crippen molar-refractivity contribution in [2.75, 3.05) is 19.7 Å². The zero-order valence-corrected chi connectivity index (χ0v) is 16.7. The number of nitrogens with one attached hydrogen (secondary N) is 1. The molecule has 1 saturated heterocycles. The minimum absolute atomic E-state index is 0.0470. The SMILES string of the molecule is CCN(CC)S(=O)(=O)c1ccc(C(=O)NC(C)CCC2CCCO2)cc1. The van der Waals surface area contributed by atoms with Crippen molar-refractivity contribution in [2.24, 2.45) is 0 Å². The molecule has 0 aliphatic carbocycles. The van der Waals surface area contributed by atoms with E-state index in [0.717, 1.165) is 32.3 Å². The van der Waals surface area contributed by atoms with Gasteiger partial charge in [-0.2, -0.15) is 4.31 Å². The van der Waals surface area contributed by atoms with Gasteiger partial charge < -0.3 is 10.1 Å². The molecule has 1 aliphatic rings. The summed E-state index contributed by atoms with van der Waals surface area (Å²) in [6.07, 6.45) is 4.35. The van der Waals surface area contributed by atoms with Crippen molar-refractivity contribution in [1.29, 1.82) is 0 Å². The van der Waals surface area contributed by atoms with Crippen LogP contribution in [-0.4, -0.2) is 50.5 Å². The first kappa shape index (κ1) is 20.9. The molecule has 7 heteroatoms. The normalized spacial score (nSPS) is 18.8. The number of ether oxygens (including phenoxy) is 1. The Balaban J connectivity index is 1.93. The molecule has 0 bridgehead atoms. The largest absolute Gasteiger partial charge is 0.378 e. The first-order valence-electron chi connectivity index (χ1n) is 9.41. The molecule has 1 N–H and O–H groups in total. The van der Waals surface area contributed by atoms with Gasteiger partial charge in [-0.15, -0.1) is 0 Å². The first-order chi connectivity index (χ1) is 12.4. The molecule has 1 amide bonds. The summed E-state index contributed by atoms with van der Waals surface area (Å²) in [5, 5.41) is 2.97. The van der Waals surface area contributed by atoms with Crippen LogP contribution >= 0.6 is 0 Å². The van der Waals surface area contributed by atoms with Gasteiger partial charge in [-0.25, -0.2) is 8.42 Å². The van der Waals surface area contributed by atoms with Crippen LogP contribution in [0.25, 0.3) is 0 Å². The molecule has 26 heavy (non-hydrogen) atoms. The van der Waals surface area contributed by atoms with Crippen LogP contribution in [0.4, 0.5) is 0 Å². The molecule has 6 nitrogen and oxygen atoms in total. The van der Waals surface area contributed by atoms with Crippen LogP contribution in [-0.2, 0) is 14.8 Å². The van der Waals surface area contributed by atoms with Gasteiger partial charge >= 0.3 is 0 Å². The highest BCUT2D eigenvalue weighted by atomic mass is 32.2. The van der Waals surface area contributed by atoms with Crippen molar-refractivity contribution in [2.45, 2.75) is 63.5 Å². The molecule has 0 aromatic heterocycles. The molecule has 2 rings (SSSR count). The van der Waals surface area contributed by atoms with Crippen molar-refractivity contribution in [3.63, 3.8) is 0 Å². The Hall–Kier alpha value is -1.44. The third-order valence-corrected chi connectivity index (χ3v) is 6.85. The van der Waals surface area contributed by atoms with E-state index < -0.39 is 10.0 Å². The summed E-state index contributed by atoms with van der Waals surface area (Å²) < 4.78 is 32.0. The Labute approximate surface area is 157 Å². The van der Waals surface area contributed by atoms with E-state index in [1.54, 1.807) is 26.0 Å². The lowest BCUT2D eigenvalue weighted by Crippen LogP contribution is -2.33. The number of benzene rings is 1. The predicted molar refractivity (Wildman–Crippen MR) is 102 cm³/mol. The lowest BCUT2D eigenvalue weighted by atomic mass is 10.1. The number of nitrogens with zero attached hydrogens (tertiary/aromatic N) is 1. The Bertz CT molecular complexity index is 678. The second-order valence-corrected chi connectivity index (χ2v) is 8.64. The summed E-state index contributed by atoms with van der Waals surface area (Å²) in [4.78, 5) is 12.6. The lowest BCUT2D eigenvalue weighted by Gasteiger charge is -2.19. The van der Waals surface area contributed by atoms with E-state index in [9.17, 15) is 13.2 Å². The van der Waals surface area contributed by atoms with Crippen LogP contribution in [0.1, 0.15) is 56.8 Å². The summed E-state index contributed by atoms with van der Waals surface area (Å²) in [5.41, 5.74) is 0.465. The number of carbonyl (C=O) groups excluding carboxylic acids is 1. The number of carbonyl (C=O) groups is 1. The van der Waals surface area contributed by atoms with Crippen LogP contribution in [0.5, 0.6) is 0 Å². The summed E-state index contributed by atoms with van der Waals surface area (Å²) in [6.45, 7) is 7.27. The summed E-state index contributed by atoms with van der Waals surface area (Å²) in [5.74, 6) is -0.184. The monoisotopic (exact) mass is 382 g/mol. The number of rotatable bonds is 9. The van der Waals surface area contributed by atoms with Gasteiger partial charge in [0.1, 0.15) is 0 Å². The maximum Gasteiger partial charge on any atom is 0.251 e. The third kappa shape index (κ3) is 5.28. The van der Waals surface area contributed by atoms with Crippen molar-refractivity contribution in [3.05, 3.63) is 29.8 Å². The molecule has 1 fully saturated rings. The van der Waals surface area contributed by atoms with Gasteiger partial charge in [-0.3, -0.25) is 4.79 Å². The van der Waals surface area contributed by atoms with Crippen LogP contribution in [0, 0.1) is 0 Å². The molecule has 2 unspecified atom stereocenters. The fourth-order valence-corrected chi connectivity index (χ4v) is 4.64. The van der Waals surface area contributed by atoms with Crippen LogP contribution in [0.15, 0.2) is 29.2 Å². The Morgan fingerprint density at radius 2 is 1.92 bits per heavy atom. The van der Waals surface area contributed by atoms with Gasteiger partial charge in [0, 0.05) is 31.3 Å². The van der Waals surface area contributed by atoms with Crippen molar-refractivity contribution in [1.82, 2.24) is 9.62 Å². The van der Waals surface area contributed by atoms with Crippen molar-refractivity contribution >= 4 is 15.9 Å². The minimum atomic E-state index is -3.50. The van der Waals surface area contributed by atoms with E-state index in [1.807, 2.05) is 6.92 Å². The highest BCUT2D eigenvalue weighted by molar-refractivity contribution is 7.89. The topological polar surface area (TPSA) is 75.7 Å². The highest BCUT2D eigenvalue weighted by Crippen LogP contribution is 2.18. The molecule has 0 radical (unpaired) electrons. The third-order valence-electron chi connectivity index (χ3n) is 4.78. The van der Waals surface area contributed by atoms with Crippen LogP contribution < -0.4 is 5.32 Å². The standard InChI is InChI=1S/C19H30N2O4S/c1-4-21(5-2)26(23,24)18-12-9-16(10-13-18)19(22)20-15(3)8-11-17-7-6-14-25-17/h9-10,12-13,15,17H,4-8,11,14H2,1-3H3,(H,20,22). The van der Waals surface area contributed by atoms with E-state index in [4.69, 9.17) is 4.74 Å². The van der Waals surface area contributed by atoms with E-state index in [-0.39, 0.29) is 16.8 Å². The number of hydrogen-bond acceptors (Lipinski definition) is 4. The first-order valence-corrected chi connectivity index (χ1v) is 10.8. The molecule has 1 aliphatic heterocycles. The molecule has 1 heterocycles. The van der Waals surface area contributed by atoms with E-state index >= 15 is 0 Å². The summed E-state index contributed by atoms with van der Waals surface area (Å²) >= 11 is 0. The van der Waals surface area contributed by atoms with Crippen LogP contribution in [0.3, 0.4) is 0 Å². The lowest BCUT2D eigenvalue weighted by molar-refractivity contribution is 0.0899.